The van der Waals surface area contributed by atoms with E-state index in [-0.39, 0.29) is 11.8 Å². The van der Waals surface area contributed by atoms with Gasteiger partial charge in [-0.15, -0.1) is 0 Å². The molecule has 0 aromatic heterocycles. The summed E-state index contributed by atoms with van der Waals surface area (Å²) in [6, 6.07) is 0. The molecule has 4 N–H and O–H groups in total. The van der Waals surface area contributed by atoms with E-state index in [1.165, 1.54) is 0 Å². The average molecular weight is 226 g/mol. The van der Waals surface area contributed by atoms with Crippen LogP contribution in [0.5, 0.6) is 0 Å². The molecular formula is C12H22N2O2. The summed E-state index contributed by atoms with van der Waals surface area (Å²) in [5.74, 6) is -0.637. The lowest BCUT2D eigenvalue weighted by Gasteiger charge is -1.94. The summed E-state index contributed by atoms with van der Waals surface area (Å²) >= 11 is 0. The van der Waals surface area contributed by atoms with Crippen LogP contribution in [0.3, 0.4) is 0 Å². The molecule has 16 heavy (non-hydrogen) atoms. The minimum absolute atomic E-state index is 0.292. The van der Waals surface area contributed by atoms with Crippen LogP contribution in [0.1, 0.15) is 40.5 Å². The van der Waals surface area contributed by atoms with Crippen molar-refractivity contribution in [2.75, 3.05) is 0 Å². The Balaban J connectivity index is 0. The first kappa shape index (κ1) is 16.8. The second kappa shape index (κ2) is 9.96. The predicted octanol–water partition coefficient (Wildman–Crippen LogP) is 1.66. The van der Waals surface area contributed by atoms with Crippen LogP contribution in [0.4, 0.5) is 0 Å². The summed E-state index contributed by atoms with van der Waals surface area (Å²) in [4.78, 5) is 20.6. The maximum Gasteiger partial charge on any atom is 0.244 e. The summed E-state index contributed by atoms with van der Waals surface area (Å²) in [7, 11) is 0. The lowest BCUT2D eigenvalue weighted by Crippen LogP contribution is -2.13. The molecule has 0 spiro atoms. The van der Waals surface area contributed by atoms with Gasteiger partial charge in [-0.1, -0.05) is 26.0 Å². The maximum absolute atomic E-state index is 10.5. The number of rotatable bonds is 4. The minimum Gasteiger partial charge on any atom is -0.366 e. The smallest absolute Gasteiger partial charge is 0.244 e. The van der Waals surface area contributed by atoms with Gasteiger partial charge in [0.25, 0.3) is 0 Å². The van der Waals surface area contributed by atoms with Crippen molar-refractivity contribution in [3.05, 3.63) is 23.3 Å². The lowest BCUT2D eigenvalue weighted by molar-refractivity contribution is -0.115. The van der Waals surface area contributed by atoms with Crippen molar-refractivity contribution in [3.63, 3.8) is 0 Å². The molecule has 0 saturated heterocycles. The molecule has 4 nitrogen and oxygen atoms in total. The van der Waals surface area contributed by atoms with Crippen LogP contribution in [-0.2, 0) is 9.59 Å². The largest absolute Gasteiger partial charge is 0.366 e. The third-order valence-electron chi connectivity index (χ3n) is 1.97. The Bertz CT molecular complexity index is 291. The Morgan fingerprint density at radius 3 is 1.69 bits per heavy atom. The molecule has 0 heterocycles. The van der Waals surface area contributed by atoms with Gasteiger partial charge >= 0.3 is 0 Å². The fourth-order valence-electron chi connectivity index (χ4n) is 0.808. The molecule has 4 heteroatoms. The highest BCUT2D eigenvalue weighted by molar-refractivity contribution is 5.91. The molecule has 0 radical (unpaired) electrons. The van der Waals surface area contributed by atoms with Gasteiger partial charge in [0, 0.05) is 11.1 Å². The molecule has 0 aliphatic heterocycles. The Hall–Kier alpha value is -1.58. The summed E-state index contributed by atoms with van der Waals surface area (Å²) in [6.45, 7) is 7.37. The van der Waals surface area contributed by atoms with Crippen LogP contribution in [0, 0.1) is 0 Å². The molecule has 0 atom stereocenters. The van der Waals surface area contributed by atoms with Crippen LogP contribution in [-0.4, -0.2) is 11.8 Å². The minimum atomic E-state index is -0.345. The van der Waals surface area contributed by atoms with Crippen LogP contribution >= 0.6 is 0 Å². The molecule has 2 amide bonds. The van der Waals surface area contributed by atoms with Crippen LogP contribution in [0.25, 0.3) is 0 Å². The number of primary amides is 2. The zero-order valence-corrected chi connectivity index (χ0v) is 10.5. The van der Waals surface area contributed by atoms with Gasteiger partial charge in [0.2, 0.25) is 11.8 Å². The van der Waals surface area contributed by atoms with E-state index >= 15 is 0 Å². The first-order chi connectivity index (χ1) is 7.40. The molecule has 0 rings (SSSR count). The van der Waals surface area contributed by atoms with Gasteiger partial charge in [-0.25, -0.2) is 0 Å². The van der Waals surface area contributed by atoms with Crippen molar-refractivity contribution in [3.8, 4) is 0 Å². The van der Waals surface area contributed by atoms with Crippen LogP contribution in [0.15, 0.2) is 23.3 Å². The van der Waals surface area contributed by atoms with Crippen LogP contribution in [0.2, 0.25) is 0 Å². The van der Waals surface area contributed by atoms with Crippen molar-refractivity contribution < 1.29 is 9.59 Å². The van der Waals surface area contributed by atoms with Crippen LogP contribution < -0.4 is 11.5 Å². The van der Waals surface area contributed by atoms with Crippen molar-refractivity contribution in [1.82, 2.24) is 0 Å². The quantitative estimate of drug-likeness (QED) is 0.714. The van der Waals surface area contributed by atoms with Gasteiger partial charge < -0.3 is 11.5 Å². The number of hydrogen-bond acceptors (Lipinski definition) is 2. The SMILES string of the molecule is CC=C(C)C(N)=O.CCC=C(CC)C(N)=O. The van der Waals surface area contributed by atoms with E-state index in [4.69, 9.17) is 11.5 Å². The van der Waals surface area contributed by atoms with E-state index in [1.807, 2.05) is 19.9 Å². The summed E-state index contributed by atoms with van der Waals surface area (Å²) in [6.07, 6.45) is 5.17. The molecule has 92 valence electrons. The summed E-state index contributed by atoms with van der Waals surface area (Å²) in [5.41, 5.74) is 11.2. The van der Waals surface area contributed by atoms with E-state index in [0.29, 0.717) is 5.57 Å². The Morgan fingerprint density at radius 2 is 1.62 bits per heavy atom. The number of nitrogens with two attached hydrogens (primary N) is 2. The molecule has 0 bridgehead atoms. The Morgan fingerprint density at radius 1 is 1.12 bits per heavy atom. The van der Waals surface area contributed by atoms with Crippen molar-refractivity contribution in [1.29, 1.82) is 0 Å². The van der Waals surface area contributed by atoms with E-state index in [9.17, 15) is 9.59 Å². The van der Waals surface area contributed by atoms with Crippen molar-refractivity contribution >= 4 is 11.8 Å². The standard InChI is InChI=1S/C7H13NO.C5H9NO/c1-3-5-6(4-2)7(8)9;1-3-4(2)5(6)7/h5H,3-4H2,1-2H3,(H2,8,9);3H,1-2H3,(H2,6,7). The van der Waals surface area contributed by atoms with Gasteiger partial charge in [0.1, 0.15) is 0 Å². The molecule has 0 unspecified atom stereocenters. The molecule has 0 aromatic rings. The molecular weight excluding hydrogens is 204 g/mol. The van der Waals surface area contributed by atoms with Gasteiger partial charge in [-0.3, -0.25) is 9.59 Å². The molecule has 0 aliphatic rings. The third-order valence-corrected chi connectivity index (χ3v) is 1.97. The van der Waals surface area contributed by atoms with E-state index in [1.54, 1.807) is 19.9 Å². The topological polar surface area (TPSA) is 86.2 Å². The normalized spacial score (nSPS) is 11.5. The van der Waals surface area contributed by atoms with Crippen molar-refractivity contribution in [2.45, 2.75) is 40.5 Å². The first-order valence-electron chi connectivity index (χ1n) is 5.32. The molecule has 0 fully saturated rings. The van der Waals surface area contributed by atoms with Gasteiger partial charge in [0.15, 0.2) is 0 Å². The van der Waals surface area contributed by atoms with Crippen molar-refractivity contribution in [2.24, 2.45) is 11.5 Å². The van der Waals surface area contributed by atoms with E-state index in [2.05, 4.69) is 0 Å². The van der Waals surface area contributed by atoms with Gasteiger partial charge in [-0.05, 0) is 26.7 Å². The van der Waals surface area contributed by atoms with Gasteiger partial charge in [0.05, 0.1) is 0 Å². The number of carbonyl (C=O) groups excluding carboxylic acids is 2. The highest BCUT2D eigenvalue weighted by Crippen LogP contribution is 1.99. The second-order valence-corrected chi connectivity index (χ2v) is 3.19. The van der Waals surface area contributed by atoms with E-state index < -0.39 is 0 Å². The van der Waals surface area contributed by atoms with Gasteiger partial charge in [-0.2, -0.15) is 0 Å². The fourth-order valence-corrected chi connectivity index (χ4v) is 0.808. The second-order valence-electron chi connectivity index (χ2n) is 3.19. The molecule has 0 aliphatic carbocycles. The zero-order valence-electron chi connectivity index (χ0n) is 10.5. The zero-order chi connectivity index (χ0) is 13.1. The summed E-state index contributed by atoms with van der Waals surface area (Å²) in [5, 5.41) is 0. The highest BCUT2D eigenvalue weighted by atomic mass is 16.1. The molecule has 0 aromatic carbocycles. The highest BCUT2D eigenvalue weighted by Gasteiger charge is 1.97. The monoisotopic (exact) mass is 226 g/mol. The Kier molecular flexibility index (Phi) is 10.5. The number of allylic oxidation sites excluding steroid dienone is 2. The summed E-state index contributed by atoms with van der Waals surface area (Å²) < 4.78 is 0. The Labute approximate surface area is 97.4 Å². The average Bonchev–Trinajstić information content (AvgIpc) is 2.24. The van der Waals surface area contributed by atoms with E-state index in [0.717, 1.165) is 18.4 Å². The maximum atomic E-state index is 10.5. The lowest BCUT2D eigenvalue weighted by atomic mass is 10.1. The number of amides is 2. The molecule has 0 saturated carbocycles. The third kappa shape index (κ3) is 8.99. The number of hydrogen-bond donors (Lipinski definition) is 2. The first-order valence-corrected chi connectivity index (χ1v) is 5.32. The number of carbonyl (C=O) groups is 2. The predicted molar refractivity (Wildman–Crippen MR) is 66.5 cm³/mol. The fraction of sp³-hybridized carbons (Fsp3) is 0.500.